The first-order chi connectivity index (χ1) is 26.0. The average Bonchev–Trinajstić information content (AvgIpc) is 3.59. The summed E-state index contributed by atoms with van der Waals surface area (Å²) in [5, 5.41) is 25.6. The van der Waals surface area contributed by atoms with Crippen LogP contribution in [0.15, 0.2) is 97.5 Å². The number of amides is 3. The van der Waals surface area contributed by atoms with Crippen LogP contribution in [0.1, 0.15) is 60.9 Å². The second-order valence-corrected chi connectivity index (χ2v) is 14.4. The maximum atomic E-state index is 13.5. The van der Waals surface area contributed by atoms with Crippen LogP contribution in [0.2, 0.25) is 0 Å². The molecule has 0 aliphatic carbocycles. The molecule has 0 bridgehead atoms. The Morgan fingerprint density at radius 2 is 1.70 bits per heavy atom. The Kier molecular flexibility index (Phi) is 10.2. The standard InChI is InChI=1S/C41H43N9O4/c1-26-11-13-28(14-12-26)50-38(21-35(48-50)41(2,3)4)47-40(53)45-32-15-16-34(31-10-6-5-9-30(31)32)54-25-27-17-18-42-36(20-27)46-37-23-43-33(22-44-37)39(52)49-19-7-8-29(51)24-49/h5-6,9-18,20-23,29,51H,7-8,19,24-25H2,1-4H3,(H,42,44,46)(H2,45,47,53)/t29-/m1/s1. The van der Waals surface area contributed by atoms with Gasteiger partial charge in [-0.1, -0.05) is 62.7 Å². The minimum absolute atomic E-state index is 0.216. The number of hydrogen-bond donors (Lipinski definition) is 4. The number of β-amino-alcohol motifs (C(OH)–C–C–N with tert-alkyl or cyclic N) is 1. The molecule has 13 nitrogen and oxygen atoms in total. The third-order valence-corrected chi connectivity index (χ3v) is 9.16. The zero-order chi connectivity index (χ0) is 37.8. The fourth-order valence-electron chi connectivity index (χ4n) is 6.22. The van der Waals surface area contributed by atoms with Crippen molar-refractivity contribution in [2.24, 2.45) is 0 Å². The van der Waals surface area contributed by atoms with E-state index in [1.54, 1.807) is 15.8 Å². The van der Waals surface area contributed by atoms with E-state index in [-0.39, 0.29) is 23.6 Å². The molecule has 4 N–H and O–H groups in total. The highest BCUT2D eigenvalue weighted by Gasteiger charge is 2.25. The molecule has 1 saturated heterocycles. The Morgan fingerprint density at radius 3 is 2.44 bits per heavy atom. The van der Waals surface area contributed by atoms with Crippen LogP contribution in [0.5, 0.6) is 5.75 Å². The fraction of sp³-hybridized carbons (Fsp3) is 0.268. The number of nitrogens with one attached hydrogen (secondary N) is 3. The van der Waals surface area contributed by atoms with E-state index in [4.69, 9.17) is 9.84 Å². The molecule has 3 amide bonds. The summed E-state index contributed by atoms with van der Waals surface area (Å²) in [5.74, 6) is 1.94. The molecule has 13 heteroatoms. The third kappa shape index (κ3) is 8.31. The highest BCUT2D eigenvalue weighted by atomic mass is 16.5. The highest BCUT2D eigenvalue weighted by Crippen LogP contribution is 2.33. The van der Waals surface area contributed by atoms with Crippen LogP contribution in [-0.2, 0) is 12.0 Å². The number of benzene rings is 3. The third-order valence-electron chi connectivity index (χ3n) is 9.16. The smallest absolute Gasteiger partial charge is 0.324 e. The second kappa shape index (κ2) is 15.3. The molecule has 3 aromatic heterocycles. The zero-order valence-electron chi connectivity index (χ0n) is 30.7. The Labute approximate surface area is 313 Å². The molecule has 1 fully saturated rings. The number of aliphatic hydroxyl groups excluding tert-OH is 1. The Morgan fingerprint density at radius 1 is 0.907 bits per heavy atom. The number of fused-ring (bicyclic) bond motifs is 1. The number of piperidine rings is 1. The lowest BCUT2D eigenvalue weighted by Gasteiger charge is -2.29. The summed E-state index contributed by atoms with van der Waals surface area (Å²) in [5.41, 5.74) is 4.34. The van der Waals surface area contributed by atoms with Crippen LogP contribution in [0, 0.1) is 6.92 Å². The summed E-state index contributed by atoms with van der Waals surface area (Å²) < 4.78 is 8.05. The van der Waals surface area contributed by atoms with Crippen LogP contribution in [-0.4, -0.2) is 65.9 Å². The minimum atomic E-state index is -0.511. The van der Waals surface area contributed by atoms with Crippen LogP contribution < -0.4 is 20.7 Å². The zero-order valence-corrected chi connectivity index (χ0v) is 30.7. The maximum Gasteiger partial charge on any atom is 0.324 e. The minimum Gasteiger partial charge on any atom is -0.488 e. The topological polar surface area (TPSA) is 159 Å². The fourth-order valence-corrected chi connectivity index (χ4v) is 6.22. The van der Waals surface area contributed by atoms with Gasteiger partial charge in [0.05, 0.1) is 35.6 Å². The van der Waals surface area contributed by atoms with E-state index in [0.717, 1.165) is 39.7 Å². The molecule has 6 aromatic rings. The first-order valence-corrected chi connectivity index (χ1v) is 17.9. The predicted molar refractivity (Wildman–Crippen MR) is 209 cm³/mol. The van der Waals surface area contributed by atoms with Gasteiger partial charge in [0.15, 0.2) is 0 Å². The van der Waals surface area contributed by atoms with Crippen molar-refractivity contribution >= 4 is 45.9 Å². The molecule has 276 valence electrons. The van der Waals surface area contributed by atoms with E-state index >= 15 is 0 Å². The molecule has 1 atom stereocenters. The van der Waals surface area contributed by atoms with Crippen molar-refractivity contribution in [2.75, 3.05) is 29.0 Å². The molecule has 4 heterocycles. The first-order valence-electron chi connectivity index (χ1n) is 17.9. The molecule has 0 saturated carbocycles. The first kappa shape index (κ1) is 36.0. The van der Waals surface area contributed by atoms with E-state index in [2.05, 4.69) is 51.7 Å². The van der Waals surface area contributed by atoms with Gasteiger partial charge in [-0.25, -0.2) is 24.4 Å². The van der Waals surface area contributed by atoms with Crippen molar-refractivity contribution in [2.45, 2.75) is 58.7 Å². The molecule has 3 aromatic carbocycles. The molecule has 0 radical (unpaired) electrons. The van der Waals surface area contributed by atoms with Gasteiger partial charge in [0.25, 0.3) is 5.91 Å². The number of rotatable bonds is 9. The van der Waals surface area contributed by atoms with Gasteiger partial charge in [-0.2, -0.15) is 5.10 Å². The number of urea groups is 1. The lowest BCUT2D eigenvalue weighted by molar-refractivity contribution is 0.0468. The summed E-state index contributed by atoms with van der Waals surface area (Å²) in [6, 6.07) is 24.6. The van der Waals surface area contributed by atoms with Crippen molar-refractivity contribution in [3.05, 3.63) is 120 Å². The van der Waals surface area contributed by atoms with Crippen LogP contribution in [0.25, 0.3) is 16.5 Å². The normalized spacial score (nSPS) is 14.5. The largest absolute Gasteiger partial charge is 0.488 e. The number of carbonyl (C=O) groups excluding carboxylic acids is 2. The number of aromatic nitrogens is 5. The van der Waals surface area contributed by atoms with Crippen LogP contribution >= 0.6 is 0 Å². The number of carbonyl (C=O) groups is 2. The Bertz CT molecular complexity index is 2280. The van der Waals surface area contributed by atoms with E-state index in [0.29, 0.717) is 48.4 Å². The van der Waals surface area contributed by atoms with Gasteiger partial charge in [0, 0.05) is 41.5 Å². The molecule has 1 aliphatic rings. The summed E-state index contributed by atoms with van der Waals surface area (Å²) in [4.78, 5) is 40.9. The number of hydrogen-bond acceptors (Lipinski definition) is 9. The molecule has 1 aliphatic heterocycles. The van der Waals surface area contributed by atoms with Crippen LogP contribution in [0.4, 0.5) is 27.9 Å². The van der Waals surface area contributed by atoms with E-state index < -0.39 is 12.1 Å². The monoisotopic (exact) mass is 725 g/mol. The van der Waals surface area contributed by atoms with Crippen molar-refractivity contribution in [1.29, 1.82) is 0 Å². The van der Waals surface area contributed by atoms with Crippen molar-refractivity contribution in [3.63, 3.8) is 0 Å². The van der Waals surface area contributed by atoms with Gasteiger partial charge < -0.3 is 25.4 Å². The lowest BCUT2D eigenvalue weighted by atomic mass is 9.92. The lowest BCUT2D eigenvalue weighted by Crippen LogP contribution is -2.42. The van der Waals surface area contributed by atoms with Crippen molar-refractivity contribution < 1.29 is 19.4 Å². The highest BCUT2D eigenvalue weighted by molar-refractivity contribution is 6.07. The van der Waals surface area contributed by atoms with Gasteiger partial charge in [-0.15, -0.1) is 0 Å². The molecule has 7 rings (SSSR count). The van der Waals surface area contributed by atoms with Crippen LogP contribution in [0.3, 0.4) is 0 Å². The van der Waals surface area contributed by atoms with Gasteiger partial charge in [0.1, 0.15) is 35.5 Å². The Balaban J connectivity index is 1.01. The number of pyridine rings is 1. The second-order valence-electron chi connectivity index (χ2n) is 14.4. The summed E-state index contributed by atoms with van der Waals surface area (Å²) in [6.45, 7) is 9.44. The van der Waals surface area contributed by atoms with Crippen molar-refractivity contribution in [1.82, 2.24) is 29.6 Å². The van der Waals surface area contributed by atoms with Gasteiger partial charge >= 0.3 is 6.03 Å². The summed E-state index contributed by atoms with van der Waals surface area (Å²) in [7, 11) is 0. The molecular weight excluding hydrogens is 683 g/mol. The molecular formula is C41H43N9O4. The SMILES string of the molecule is Cc1ccc(-n2nc(C(C)(C)C)cc2NC(=O)Nc2ccc(OCc3ccnc(Nc4cnc(C(=O)N5CCC[C@@H](O)C5)cn4)c3)c3ccccc23)cc1. The Hall–Kier alpha value is -6.34. The number of likely N-dealkylation sites (tertiary alicyclic amines) is 1. The number of aliphatic hydroxyl groups is 1. The molecule has 0 unspecified atom stereocenters. The van der Waals surface area contributed by atoms with Gasteiger partial charge in [-0.05, 0) is 61.7 Å². The van der Waals surface area contributed by atoms with Gasteiger partial charge in [0.2, 0.25) is 0 Å². The van der Waals surface area contributed by atoms with E-state index in [1.807, 2.05) is 85.8 Å². The van der Waals surface area contributed by atoms with E-state index in [9.17, 15) is 14.7 Å². The van der Waals surface area contributed by atoms with Crippen molar-refractivity contribution in [3.8, 4) is 11.4 Å². The summed E-state index contributed by atoms with van der Waals surface area (Å²) >= 11 is 0. The average molecular weight is 726 g/mol. The molecule has 0 spiro atoms. The predicted octanol–water partition coefficient (Wildman–Crippen LogP) is 7.38. The number of ether oxygens (including phenoxy) is 1. The maximum absolute atomic E-state index is 13.5. The summed E-state index contributed by atoms with van der Waals surface area (Å²) in [6.07, 6.45) is 5.53. The van der Waals surface area contributed by atoms with E-state index in [1.165, 1.54) is 12.4 Å². The molecule has 54 heavy (non-hydrogen) atoms. The quantitative estimate of drug-likeness (QED) is 0.119. The number of nitrogens with zero attached hydrogens (tertiary/aromatic N) is 6. The number of aryl methyl sites for hydroxylation is 1. The van der Waals surface area contributed by atoms with Gasteiger partial charge in [-0.3, -0.25) is 10.1 Å². The number of anilines is 4.